The number of ether oxygens (including phenoxy) is 3. The van der Waals surface area contributed by atoms with Crippen LogP contribution in [-0.2, 0) is 42.2 Å². The zero-order valence-electron chi connectivity index (χ0n) is 47.0. The van der Waals surface area contributed by atoms with Crippen molar-refractivity contribution in [2.45, 2.75) is 264 Å². The number of aliphatic hydroxyl groups is 1. The summed E-state index contributed by atoms with van der Waals surface area (Å²) in [5, 5.41) is 9.80. The number of hydrogen-bond acceptors (Lipinski definition) is 10. The highest BCUT2D eigenvalue weighted by atomic mass is 31.2. The van der Waals surface area contributed by atoms with Gasteiger partial charge in [0, 0.05) is 19.3 Å². The molecule has 0 heterocycles. The topological polar surface area (TPSA) is 155 Å². The first-order chi connectivity index (χ1) is 36.2. The van der Waals surface area contributed by atoms with Gasteiger partial charge in [-0.1, -0.05) is 228 Å². The Morgan fingerprint density at radius 1 is 0.392 bits per heavy atom. The molecule has 0 aliphatic rings. The predicted molar refractivity (Wildman–Crippen MR) is 307 cm³/mol. The summed E-state index contributed by atoms with van der Waals surface area (Å²) in [4.78, 5) is 48.5. The smallest absolute Gasteiger partial charge is 0.462 e. The maximum atomic E-state index is 12.9. The van der Waals surface area contributed by atoms with Crippen molar-refractivity contribution in [2.24, 2.45) is 0 Å². The fourth-order valence-corrected chi connectivity index (χ4v) is 8.62. The molecular formula is C62H107O11P. The maximum Gasteiger partial charge on any atom is 0.472 e. The Bertz CT molecular complexity index is 1560. The number of hydrogen-bond donors (Lipinski definition) is 2. The Kier molecular flexibility index (Phi) is 53.4. The number of carbonyl (C=O) groups excluding carboxylic acids is 3. The standard InChI is InChI=1S/C62H107O11P/c1-4-7-10-13-16-19-22-24-26-28-29-31-32-34-37-39-42-45-48-51-60(64)69-55-59(73-62(66)53-50-47-44-41-38-35-33-30-27-25-23-20-17-14-11-8-5-2)57-71-74(67,68)70-56-58(54-63)72-61(65)52-49-46-43-40-36-21-18-15-12-9-6-3/h8,11,16-17,19-20,24-27,33,35,41,44,58-59,63H,4-7,9-10,12-15,18,21-23,28-32,34,36-40,42-43,45-57H2,1-3H3,(H,67,68)/b11-8-,19-16-,20-17-,26-24-,27-25-,35-33-,44-41-. The number of carbonyl (C=O) groups is 3. The van der Waals surface area contributed by atoms with Crippen LogP contribution in [0.2, 0.25) is 0 Å². The van der Waals surface area contributed by atoms with E-state index in [1.807, 2.05) is 12.2 Å². The number of allylic oxidation sites excluding steroid dienone is 14. The monoisotopic (exact) mass is 1060 g/mol. The first-order valence-electron chi connectivity index (χ1n) is 29.5. The van der Waals surface area contributed by atoms with E-state index in [4.69, 9.17) is 23.3 Å². The highest BCUT2D eigenvalue weighted by Gasteiger charge is 2.28. The van der Waals surface area contributed by atoms with Gasteiger partial charge in [-0.2, -0.15) is 0 Å². The number of rotatable bonds is 54. The third-order valence-corrected chi connectivity index (χ3v) is 13.3. The lowest BCUT2D eigenvalue weighted by atomic mass is 10.1. The Balaban J connectivity index is 4.80. The number of phosphoric acid groups is 1. The molecular weight excluding hydrogens is 952 g/mol. The highest BCUT2D eigenvalue weighted by molar-refractivity contribution is 7.47. The molecule has 0 bridgehead atoms. The average molecular weight is 1060 g/mol. The van der Waals surface area contributed by atoms with Gasteiger partial charge in [0.1, 0.15) is 12.7 Å². The van der Waals surface area contributed by atoms with Crippen LogP contribution in [0.3, 0.4) is 0 Å². The van der Waals surface area contributed by atoms with E-state index in [-0.39, 0.29) is 25.9 Å². The lowest BCUT2D eigenvalue weighted by Crippen LogP contribution is -2.30. The molecule has 426 valence electrons. The summed E-state index contributed by atoms with van der Waals surface area (Å²) in [5.41, 5.74) is 0. The minimum atomic E-state index is -4.76. The summed E-state index contributed by atoms with van der Waals surface area (Å²) in [6.07, 6.45) is 64.1. The second-order valence-corrected chi connectivity index (χ2v) is 20.9. The molecule has 0 rings (SSSR count). The van der Waals surface area contributed by atoms with Crippen molar-refractivity contribution in [3.63, 3.8) is 0 Å². The van der Waals surface area contributed by atoms with E-state index in [0.717, 1.165) is 83.5 Å². The molecule has 0 saturated heterocycles. The minimum absolute atomic E-state index is 0.0868. The van der Waals surface area contributed by atoms with Gasteiger partial charge in [-0.05, 0) is 89.9 Å². The van der Waals surface area contributed by atoms with Crippen LogP contribution in [0.15, 0.2) is 85.1 Å². The predicted octanol–water partition coefficient (Wildman–Crippen LogP) is 17.5. The van der Waals surface area contributed by atoms with Crippen LogP contribution in [-0.4, -0.2) is 66.5 Å². The second-order valence-electron chi connectivity index (χ2n) is 19.4. The molecule has 0 spiro atoms. The van der Waals surface area contributed by atoms with Crippen LogP contribution in [0, 0.1) is 0 Å². The van der Waals surface area contributed by atoms with Crippen molar-refractivity contribution < 1.29 is 52.2 Å². The zero-order valence-corrected chi connectivity index (χ0v) is 47.9. The van der Waals surface area contributed by atoms with E-state index in [9.17, 15) is 28.9 Å². The quantitative estimate of drug-likeness (QED) is 0.0197. The minimum Gasteiger partial charge on any atom is -0.462 e. The largest absolute Gasteiger partial charge is 0.472 e. The Morgan fingerprint density at radius 3 is 1.16 bits per heavy atom. The lowest BCUT2D eigenvalue weighted by Gasteiger charge is -2.21. The molecule has 0 aliphatic heterocycles. The van der Waals surface area contributed by atoms with Crippen LogP contribution < -0.4 is 0 Å². The molecule has 0 amide bonds. The van der Waals surface area contributed by atoms with Crippen molar-refractivity contribution in [3.05, 3.63) is 85.1 Å². The molecule has 0 aliphatic carbocycles. The molecule has 0 aromatic carbocycles. The van der Waals surface area contributed by atoms with Crippen molar-refractivity contribution in [1.82, 2.24) is 0 Å². The molecule has 0 saturated carbocycles. The van der Waals surface area contributed by atoms with E-state index >= 15 is 0 Å². The van der Waals surface area contributed by atoms with Crippen LogP contribution >= 0.6 is 7.82 Å². The first kappa shape index (κ1) is 70.7. The molecule has 0 fully saturated rings. The fraction of sp³-hybridized carbons (Fsp3) is 0.726. The van der Waals surface area contributed by atoms with Crippen molar-refractivity contribution in [2.75, 3.05) is 26.4 Å². The molecule has 0 aromatic rings. The molecule has 3 atom stereocenters. The number of unbranched alkanes of at least 4 members (excludes halogenated alkanes) is 23. The average Bonchev–Trinajstić information content (AvgIpc) is 3.39. The molecule has 3 unspecified atom stereocenters. The number of phosphoric ester groups is 1. The third-order valence-electron chi connectivity index (χ3n) is 12.3. The summed E-state index contributed by atoms with van der Waals surface area (Å²) >= 11 is 0. The van der Waals surface area contributed by atoms with Crippen molar-refractivity contribution >= 4 is 25.7 Å². The Morgan fingerprint density at radius 2 is 0.716 bits per heavy atom. The van der Waals surface area contributed by atoms with Gasteiger partial charge in [0.05, 0.1) is 19.8 Å². The van der Waals surface area contributed by atoms with Crippen LogP contribution in [0.5, 0.6) is 0 Å². The van der Waals surface area contributed by atoms with Gasteiger partial charge >= 0.3 is 25.7 Å². The van der Waals surface area contributed by atoms with Gasteiger partial charge in [-0.15, -0.1) is 0 Å². The van der Waals surface area contributed by atoms with E-state index < -0.39 is 57.8 Å². The van der Waals surface area contributed by atoms with Gasteiger partial charge in [0.15, 0.2) is 6.10 Å². The van der Waals surface area contributed by atoms with Crippen molar-refractivity contribution in [1.29, 1.82) is 0 Å². The van der Waals surface area contributed by atoms with E-state index in [0.29, 0.717) is 25.7 Å². The zero-order chi connectivity index (χ0) is 54.1. The van der Waals surface area contributed by atoms with Crippen LogP contribution in [0.1, 0.15) is 252 Å². The lowest BCUT2D eigenvalue weighted by molar-refractivity contribution is -0.161. The number of esters is 3. The second kappa shape index (κ2) is 55.9. The van der Waals surface area contributed by atoms with Gasteiger partial charge in [0.25, 0.3) is 0 Å². The van der Waals surface area contributed by atoms with Gasteiger partial charge in [0.2, 0.25) is 0 Å². The molecule has 12 heteroatoms. The molecule has 74 heavy (non-hydrogen) atoms. The molecule has 0 radical (unpaired) electrons. The van der Waals surface area contributed by atoms with E-state index in [2.05, 4.69) is 93.7 Å². The van der Waals surface area contributed by atoms with Crippen LogP contribution in [0.25, 0.3) is 0 Å². The summed E-state index contributed by atoms with van der Waals surface area (Å²) in [6.45, 7) is 4.44. The normalized spacial score (nSPS) is 14.0. The van der Waals surface area contributed by atoms with E-state index in [1.165, 1.54) is 103 Å². The molecule has 0 aromatic heterocycles. The first-order valence-corrected chi connectivity index (χ1v) is 31.0. The van der Waals surface area contributed by atoms with Crippen molar-refractivity contribution in [3.8, 4) is 0 Å². The Labute approximate surface area is 451 Å². The number of aliphatic hydroxyl groups excluding tert-OH is 1. The van der Waals surface area contributed by atoms with E-state index in [1.54, 1.807) is 0 Å². The van der Waals surface area contributed by atoms with Gasteiger partial charge in [-0.3, -0.25) is 23.4 Å². The SMILES string of the molecule is CC/C=C\C/C=C\C/C=C\C/C=C\C/C=C\CCCC(=O)OC(COC(=O)CCCCCCCCCCC/C=C\C/C=C\CCCCC)COP(=O)(O)OCC(CO)OC(=O)CCCCCCCCCCCCC. The summed E-state index contributed by atoms with van der Waals surface area (Å²) in [5.74, 6) is -1.54. The van der Waals surface area contributed by atoms with Gasteiger partial charge < -0.3 is 24.2 Å². The van der Waals surface area contributed by atoms with Crippen LogP contribution in [0.4, 0.5) is 0 Å². The Hall–Kier alpha value is -3.34. The summed E-state index contributed by atoms with van der Waals surface area (Å²) in [7, 11) is -4.76. The third kappa shape index (κ3) is 53.5. The summed E-state index contributed by atoms with van der Waals surface area (Å²) < 4.78 is 39.5. The molecule has 11 nitrogen and oxygen atoms in total. The fourth-order valence-electron chi connectivity index (χ4n) is 7.83. The molecule has 2 N–H and O–H groups in total. The van der Waals surface area contributed by atoms with Gasteiger partial charge in [-0.25, -0.2) is 4.57 Å². The highest BCUT2D eigenvalue weighted by Crippen LogP contribution is 2.43. The maximum absolute atomic E-state index is 12.9. The summed E-state index contributed by atoms with van der Waals surface area (Å²) in [6, 6.07) is 0.